The molecule has 0 aromatic carbocycles. The van der Waals surface area contributed by atoms with Crippen molar-refractivity contribution in [3.8, 4) is 0 Å². The third kappa shape index (κ3) is 2.86. The van der Waals surface area contributed by atoms with Gasteiger partial charge in [0, 0.05) is 45.1 Å². The van der Waals surface area contributed by atoms with E-state index in [1.165, 1.54) is 0 Å². The molecular formula is C10H18F2N2O. The maximum absolute atomic E-state index is 13.5. The number of ether oxygens (including phenoxy) is 1. The van der Waals surface area contributed by atoms with Gasteiger partial charge in [0.25, 0.3) is 5.92 Å². The Kier molecular flexibility index (Phi) is 3.53. The fourth-order valence-corrected chi connectivity index (χ4v) is 2.18. The molecule has 1 N–H and O–H groups in total. The highest BCUT2D eigenvalue weighted by Crippen LogP contribution is 2.31. The number of rotatable bonds is 2. The molecule has 2 rings (SSSR count). The number of hydrogen-bond donors (Lipinski definition) is 1. The number of alkyl halides is 2. The zero-order valence-corrected chi connectivity index (χ0v) is 8.85. The van der Waals surface area contributed by atoms with Crippen LogP contribution in [0.3, 0.4) is 0 Å². The second-order valence-electron chi connectivity index (χ2n) is 4.33. The predicted octanol–water partition coefficient (Wildman–Crippen LogP) is 0.563. The number of nitrogens with one attached hydrogen (secondary N) is 1. The summed E-state index contributed by atoms with van der Waals surface area (Å²) in [4.78, 5) is 2.08. The molecule has 0 amide bonds. The van der Waals surface area contributed by atoms with Gasteiger partial charge >= 0.3 is 0 Å². The van der Waals surface area contributed by atoms with Crippen LogP contribution in [-0.4, -0.2) is 56.8 Å². The van der Waals surface area contributed by atoms with Gasteiger partial charge in [-0.1, -0.05) is 0 Å². The van der Waals surface area contributed by atoms with Crippen molar-refractivity contribution in [2.45, 2.75) is 12.3 Å². The zero-order valence-electron chi connectivity index (χ0n) is 8.85. The van der Waals surface area contributed by atoms with Gasteiger partial charge in [0.2, 0.25) is 0 Å². The second-order valence-corrected chi connectivity index (χ2v) is 4.33. The quantitative estimate of drug-likeness (QED) is 0.736. The number of halogens is 2. The Bertz CT molecular complexity index is 208. The molecule has 2 aliphatic heterocycles. The van der Waals surface area contributed by atoms with Crippen LogP contribution in [0.2, 0.25) is 0 Å². The van der Waals surface area contributed by atoms with Gasteiger partial charge in [-0.15, -0.1) is 0 Å². The van der Waals surface area contributed by atoms with E-state index in [-0.39, 0.29) is 6.42 Å². The summed E-state index contributed by atoms with van der Waals surface area (Å²) in [5.41, 5.74) is 0. The van der Waals surface area contributed by atoms with Crippen molar-refractivity contribution in [1.82, 2.24) is 10.2 Å². The van der Waals surface area contributed by atoms with Gasteiger partial charge in [0.05, 0.1) is 13.2 Å². The minimum Gasteiger partial charge on any atom is -0.379 e. The highest BCUT2D eigenvalue weighted by Gasteiger charge is 2.42. The monoisotopic (exact) mass is 220 g/mol. The van der Waals surface area contributed by atoms with Crippen molar-refractivity contribution in [2.24, 2.45) is 5.92 Å². The van der Waals surface area contributed by atoms with Gasteiger partial charge in [-0.2, -0.15) is 0 Å². The maximum Gasteiger partial charge on any atom is 0.254 e. The molecule has 2 fully saturated rings. The third-order valence-corrected chi connectivity index (χ3v) is 3.21. The smallest absolute Gasteiger partial charge is 0.254 e. The normalized spacial score (nSPS) is 32.8. The minimum atomic E-state index is -2.50. The average Bonchev–Trinajstić information content (AvgIpc) is 2.23. The van der Waals surface area contributed by atoms with Gasteiger partial charge in [-0.25, -0.2) is 8.78 Å². The fraction of sp³-hybridized carbons (Fsp3) is 1.00. The highest BCUT2D eigenvalue weighted by atomic mass is 19.3. The number of hydrogen-bond acceptors (Lipinski definition) is 3. The molecule has 88 valence electrons. The van der Waals surface area contributed by atoms with Crippen LogP contribution in [0.1, 0.15) is 6.42 Å². The van der Waals surface area contributed by atoms with Crippen LogP contribution in [-0.2, 0) is 4.74 Å². The molecule has 0 aliphatic carbocycles. The Morgan fingerprint density at radius 1 is 1.33 bits per heavy atom. The van der Waals surface area contributed by atoms with Gasteiger partial charge < -0.3 is 10.1 Å². The molecule has 0 radical (unpaired) electrons. The molecule has 3 nitrogen and oxygen atoms in total. The lowest BCUT2D eigenvalue weighted by atomic mass is 9.94. The van der Waals surface area contributed by atoms with E-state index >= 15 is 0 Å². The molecule has 0 saturated carbocycles. The first-order chi connectivity index (χ1) is 7.18. The van der Waals surface area contributed by atoms with E-state index in [0.29, 0.717) is 32.8 Å². The van der Waals surface area contributed by atoms with Crippen molar-refractivity contribution in [1.29, 1.82) is 0 Å². The number of piperidine rings is 1. The van der Waals surface area contributed by atoms with Gasteiger partial charge in [0.15, 0.2) is 0 Å². The molecule has 2 saturated heterocycles. The lowest BCUT2D eigenvalue weighted by molar-refractivity contribution is -0.0936. The van der Waals surface area contributed by atoms with Gasteiger partial charge in [-0.3, -0.25) is 4.90 Å². The largest absolute Gasteiger partial charge is 0.379 e. The number of morpholine rings is 1. The molecule has 5 heteroatoms. The fourth-order valence-electron chi connectivity index (χ4n) is 2.18. The van der Waals surface area contributed by atoms with E-state index < -0.39 is 11.8 Å². The summed E-state index contributed by atoms with van der Waals surface area (Å²) in [7, 11) is 0. The standard InChI is InChI=1S/C10H18F2N2O/c11-10(12)1-2-13-7-9(10)8-14-3-5-15-6-4-14/h9,13H,1-8H2. The summed E-state index contributed by atoms with van der Waals surface area (Å²) >= 11 is 0. The summed E-state index contributed by atoms with van der Waals surface area (Å²) in [5.74, 6) is -3.03. The number of nitrogens with zero attached hydrogens (tertiary/aromatic N) is 1. The van der Waals surface area contributed by atoms with Crippen molar-refractivity contribution in [3.63, 3.8) is 0 Å². The first-order valence-corrected chi connectivity index (χ1v) is 5.57. The molecule has 2 heterocycles. The minimum absolute atomic E-state index is 0.0258. The zero-order chi connectivity index (χ0) is 10.7. The molecule has 0 aromatic heterocycles. The maximum atomic E-state index is 13.5. The summed E-state index contributed by atoms with van der Waals surface area (Å²) < 4.78 is 32.2. The van der Waals surface area contributed by atoms with Crippen LogP contribution in [0.25, 0.3) is 0 Å². The Balaban J connectivity index is 1.85. The molecule has 0 bridgehead atoms. The first-order valence-electron chi connectivity index (χ1n) is 5.57. The van der Waals surface area contributed by atoms with Gasteiger partial charge in [0.1, 0.15) is 0 Å². The molecule has 0 aromatic rings. The van der Waals surface area contributed by atoms with Crippen molar-refractivity contribution in [3.05, 3.63) is 0 Å². The topological polar surface area (TPSA) is 24.5 Å². The molecule has 2 aliphatic rings. The Morgan fingerprint density at radius 2 is 2.07 bits per heavy atom. The third-order valence-electron chi connectivity index (χ3n) is 3.21. The molecular weight excluding hydrogens is 202 g/mol. The van der Waals surface area contributed by atoms with E-state index in [9.17, 15) is 8.78 Å². The summed E-state index contributed by atoms with van der Waals surface area (Å²) in [6.45, 7) is 4.27. The van der Waals surface area contributed by atoms with Gasteiger partial charge in [-0.05, 0) is 0 Å². The molecule has 1 atom stereocenters. The Morgan fingerprint density at radius 3 is 2.73 bits per heavy atom. The van der Waals surface area contributed by atoms with Crippen LogP contribution in [0, 0.1) is 5.92 Å². The van der Waals surface area contributed by atoms with Crippen LogP contribution >= 0.6 is 0 Å². The van der Waals surface area contributed by atoms with E-state index in [1.54, 1.807) is 0 Å². The average molecular weight is 220 g/mol. The highest BCUT2D eigenvalue weighted by molar-refractivity contribution is 4.86. The van der Waals surface area contributed by atoms with E-state index in [2.05, 4.69) is 10.2 Å². The molecule has 0 spiro atoms. The summed E-state index contributed by atoms with van der Waals surface area (Å²) in [6, 6.07) is 0. The Labute approximate surface area is 88.8 Å². The van der Waals surface area contributed by atoms with Crippen molar-refractivity contribution >= 4 is 0 Å². The second kappa shape index (κ2) is 4.72. The van der Waals surface area contributed by atoms with E-state index in [1.807, 2.05) is 0 Å². The Hall–Kier alpha value is -0.260. The van der Waals surface area contributed by atoms with Crippen molar-refractivity contribution in [2.75, 3.05) is 45.9 Å². The SMILES string of the molecule is FC1(F)CCNCC1CN1CCOCC1. The van der Waals surface area contributed by atoms with E-state index in [4.69, 9.17) is 4.74 Å². The van der Waals surface area contributed by atoms with Crippen LogP contribution in [0.5, 0.6) is 0 Å². The molecule has 15 heavy (non-hydrogen) atoms. The first kappa shape index (κ1) is 11.2. The summed E-state index contributed by atoms with van der Waals surface area (Å²) in [5, 5.41) is 3.04. The van der Waals surface area contributed by atoms with Crippen LogP contribution < -0.4 is 5.32 Å². The lowest BCUT2D eigenvalue weighted by Gasteiger charge is -2.36. The van der Waals surface area contributed by atoms with Crippen molar-refractivity contribution < 1.29 is 13.5 Å². The predicted molar refractivity (Wildman–Crippen MR) is 53.2 cm³/mol. The molecule has 1 unspecified atom stereocenters. The van der Waals surface area contributed by atoms with Crippen LogP contribution in [0.4, 0.5) is 8.78 Å². The van der Waals surface area contributed by atoms with E-state index in [0.717, 1.165) is 13.1 Å². The lowest BCUT2D eigenvalue weighted by Crippen LogP contribution is -2.51. The summed E-state index contributed by atoms with van der Waals surface area (Å²) in [6.07, 6.45) is -0.0258. The van der Waals surface area contributed by atoms with Crippen LogP contribution in [0.15, 0.2) is 0 Å².